The van der Waals surface area contributed by atoms with Gasteiger partial charge in [0.15, 0.2) is 5.58 Å². The molecule has 4 rings (SSSR count). The van der Waals surface area contributed by atoms with Crippen molar-refractivity contribution in [1.29, 1.82) is 0 Å². The van der Waals surface area contributed by atoms with E-state index in [1.807, 2.05) is 32.3 Å². The van der Waals surface area contributed by atoms with Gasteiger partial charge < -0.3 is 19.4 Å². The van der Waals surface area contributed by atoms with Crippen LogP contribution in [0.2, 0.25) is 0 Å². The summed E-state index contributed by atoms with van der Waals surface area (Å²) in [5.41, 5.74) is 3.42. The van der Waals surface area contributed by atoms with Gasteiger partial charge in [0.2, 0.25) is 5.91 Å². The highest BCUT2D eigenvalue weighted by Crippen LogP contribution is 2.29. The van der Waals surface area contributed by atoms with Gasteiger partial charge in [-0.1, -0.05) is 24.3 Å². The molecule has 1 amide bonds. The Labute approximate surface area is 162 Å². The summed E-state index contributed by atoms with van der Waals surface area (Å²) in [6.07, 6.45) is 0.909. The number of oxazole rings is 1. The summed E-state index contributed by atoms with van der Waals surface area (Å²) in [5, 5.41) is 2.95. The highest BCUT2D eigenvalue weighted by molar-refractivity contribution is 5.79. The molecule has 1 unspecified atom stereocenters. The van der Waals surface area contributed by atoms with Crippen LogP contribution in [-0.2, 0) is 17.8 Å². The predicted molar refractivity (Wildman–Crippen MR) is 106 cm³/mol. The minimum absolute atomic E-state index is 0.0210. The standard InChI is InChI=1S/C21H23N3O4/c1-23(2)17(14-7-8-18-15(11-14)9-10-27-18)12-22-20(25)13-24-16-5-3-4-6-19(16)28-21(24)26/h3-8,11,17H,9-10,12-13H2,1-2H3,(H,22,25). The summed E-state index contributed by atoms with van der Waals surface area (Å²) in [6, 6.07) is 13.3. The number of nitrogens with zero attached hydrogens (tertiary/aromatic N) is 2. The first-order valence-electron chi connectivity index (χ1n) is 9.30. The summed E-state index contributed by atoms with van der Waals surface area (Å²) in [4.78, 5) is 26.6. The summed E-state index contributed by atoms with van der Waals surface area (Å²) >= 11 is 0. The average Bonchev–Trinajstić information content (AvgIpc) is 3.26. The zero-order valence-electron chi connectivity index (χ0n) is 16.0. The van der Waals surface area contributed by atoms with Crippen LogP contribution in [0.4, 0.5) is 0 Å². The maximum Gasteiger partial charge on any atom is 0.420 e. The Bertz CT molecular complexity index is 1070. The Morgan fingerprint density at radius 3 is 2.89 bits per heavy atom. The van der Waals surface area contributed by atoms with Crippen LogP contribution in [0.5, 0.6) is 5.75 Å². The number of hydrogen-bond acceptors (Lipinski definition) is 5. The van der Waals surface area contributed by atoms with Gasteiger partial charge in [0.25, 0.3) is 0 Å². The van der Waals surface area contributed by atoms with E-state index in [2.05, 4.69) is 16.3 Å². The van der Waals surface area contributed by atoms with Crippen LogP contribution in [0, 0.1) is 0 Å². The smallest absolute Gasteiger partial charge is 0.420 e. The SMILES string of the molecule is CN(C)C(CNC(=O)Cn1c(=O)oc2ccccc21)c1ccc2c(c1)CCO2. The molecule has 1 N–H and O–H groups in total. The number of amides is 1. The van der Waals surface area contributed by atoms with E-state index >= 15 is 0 Å². The number of fused-ring (bicyclic) bond motifs is 2. The molecule has 146 valence electrons. The third-order valence-electron chi connectivity index (χ3n) is 5.09. The molecule has 1 aliphatic heterocycles. The first-order valence-corrected chi connectivity index (χ1v) is 9.30. The molecule has 3 aromatic rings. The van der Waals surface area contributed by atoms with Crippen LogP contribution in [0.15, 0.2) is 51.7 Å². The lowest BCUT2D eigenvalue weighted by Crippen LogP contribution is -2.37. The second-order valence-electron chi connectivity index (χ2n) is 7.17. The third kappa shape index (κ3) is 3.53. The van der Waals surface area contributed by atoms with Gasteiger partial charge >= 0.3 is 5.76 Å². The first kappa shape index (κ1) is 18.3. The molecule has 0 spiro atoms. The average molecular weight is 381 g/mol. The molecule has 7 nitrogen and oxygen atoms in total. The Balaban J connectivity index is 1.46. The second kappa shape index (κ2) is 7.52. The molecular formula is C21H23N3O4. The number of nitrogens with one attached hydrogen (secondary N) is 1. The topological polar surface area (TPSA) is 76.7 Å². The number of ether oxygens (including phenoxy) is 1. The minimum atomic E-state index is -0.529. The molecule has 2 aromatic carbocycles. The maximum atomic E-state index is 12.5. The van der Waals surface area contributed by atoms with Crippen molar-refractivity contribution >= 4 is 17.0 Å². The Kier molecular flexibility index (Phi) is 4.92. The van der Waals surface area contributed by atoms with Gasteiger partial charge in [-0.2, -0.15) is 0 Å². The van der Waals surface area contributed by atoms with Gasteiger partial charge in [0, 0.05) is 13.0 Å². The number of aromatic nitrogens is 1. The van der Waals surface area contributed by atoms with Gasteiger partial charge in [0.1, 0.15) is 12.3 Å². The largest absolute Gasteiger partial charge is 0.493 e. The van der Waals surface area contributed by atoms with Gasteiger partial charge in [0.05, 0.1) is 18.2 Å². The monoisotopic (exact) mass is 381 g/mol. The fraction of sp³-hybridized carbons (Fsp3) is 0.333. The van der Waals surface area contributed by atoms with Gasteiger partial charge in [-0.3, -0.25) is 9.36 Å². The number of para-hydroxylation sites is 2. The van der Waals surface area contributed by atoms with Crippen LogP contribution in [0.3, 0.4) is 0 Å². The lowest BCUT2D eigenvalue weighted by molar-refractivity contribution is -0.121. The Hall–Kier alpha value is -3.06. The fourth-order valence-electron chi connectivity index (χ4n) is 3.59. The van der Waals surface area contributed by atoms with E-state index in [1.165, 1.54) is 10.1 Å². The molecule has 7 heteroatoms. The second-order valence-corrected chi connectivity index (χ2v) is 7.17. The molecule has 1 atom stereocenters. The van der Waals surface area contributed by atoms with Crippen LogP contribution in [0.1, 0.15) is 17.2 Å². The van der Waals surface area contributed by atoms with Gasteiger partial charge in [-0.05, 0) is 43.4 Å². The molecule has 0 radical (unpaired) electrons. The number of hydrogen-bond donors (Lipinski definition) is 1. The minimum Gasteiger partial charge on any atom is -0.493 e. The van der Waals surface area contributed by atoms with Crippen molar-refractivity contribution in [2.75, 3.05) is 27.2 Å². The van der Waals surface area contributed by atoms with Crippen molar-refractivity contribution in [3.63, 3.8) is 0 Å². The molecule has 0 bridgehead atoms. The van der Waals surface area contributed by atoms with E-state index < -0.39 is 5.76 Å². The van der Waals surface area contributed by atoms with Crippen LogP contribution < -0.4 is 15.8 Å². The molecule has 1 aromatic heterocycles. The molecule has 2 heterocycles. The van der Waals surface area contributed by atoms with Crippen molar-refractivity contribution in [2.24, 2.45) is 0 Å². The lowest BCUT2D eigenvalue weighted by atomic mass is 10.0. The number of carbonyl (C=O) groups is 1. The van der Waals surface area contributed by atoms with E-state index in [-0.39, 0.29) is 18.5 Å². The molecule has 0 saturated carbocycles. The number of likely N-dealkylation sites (N-methyl/N-ethyl adjacent to an activating group) is 1. The van der Waals surface area contributed by atoms with Crippen molar-refractivity contribution < 1.29 is 13.9 Å². The van der Waals surface area contributed by atoms with E-state index in [9.17, 15) is 9.59 Å². The van der Waals surface area contributed by atoms with Crippen LogP contribution >= 0.6 is 0 Å². The van der Waals surface area contributed by atoms with Gasteiger partial charge in [-0.15, -0.1) is 0 Å². The third-order valence-corrected chi connectivity index (χ3v) is 5.09. The quantitative estimate of drug-likeness (QED) is 0.706. The Morgan fingerprint density at radius 2 is 2.07 bits per heavy atom. The van der Waals surface area contributed by atoms with Crippen molar-refractivity contribution in [3.8, 4) is 5.75 Å². The molecule has 1 aliphatic rings. The molecule has 0 fully saturated rings. The number of benzene rings is 2. The summed E-state index contributed by atoms with van der Waals surface area (Å²) in [6.45, 7) is 1.08. The van der Waals surface area contributed by atoms with Crippen molar-refractivity contribution in [3.05, 3.63) is 64.1 Å². The molecule has 28 heavy (non-hydrogen) atoms. The van der Waals surface area contributed by atoms with Crippen LogP contribution in [0.25, 0.3) is 11.1 Å². The lowest BCUT2D eigenvalue weighted by Gasteiger charge is -2.25. The molecule has 0 saturated heterocycles. The highest BCUT2D eigenvalue weighted by Gasteiger charge is 2.20. The summed E-state index contributed by atoms with van der Waals surface area (Å²) in [5.74, 6) is 0.181. The molecular weight excluding hydrogens is 358 g/mol. The van der Waals surface area contributed by atoms with E-state index in [1.54, 1.807) is 18.2 Å². The fourth-order valence-corrected chi connectivity index (χ4v) is 3.59. The van der Waals surface area contributed by atoms with Crippen molar-refractivity contribution in [1.82, 2.24) is 14.8 Å². The number of rotatable bonds is 6. The summed E-state index contributed by atoms with van der Waals surface area (Å²) < 4.78 is 12.1. The van der Waals surface area contributed by atoms with E-state index in [0.29, 0.717) is 17.6 Å². The summed E-state index contributed by atoms with van der Waals surface area (Å²) in [7, 11) is 3.96. The van der Waals surface area contributed by atoms with E-state index in [4.69, 9.17) is 9.15 Å². The highest BCUT2D eigenvalue weighted by atomic mass is 16.5. The maximum absolute atomic E-state index is 12.5. The first-order chi connectivity index (χ1) is 13.5. The normalized spacial score (nSPS) is 14.1. The zero-order valence-corrected chi connectivity index (χ0v) is 16.0. The van der Waals surface area contributed by atoms with Gasteiger partial charge in [-0.25, -0.2) is 4.79 Å². The Morgan fingerprint density at radius 1 is 1.25 bits per heavy atom. The van der Waals surface area contributed by atoms with E-state index in [0.717, 1.165) is 24.3 Å². The number of carbonyl (C=O) groups excluding carboxylic acids is 1. The van der Waals surface area contributed by atoms with Crippen molar-refractivity contribution in [2.45, 2.75) is 19.0 Å². The molecule has 0 aliphatic carbocycles. The zero-order chi connectivity index (χ0) is 19.7. The predicted octanol–water partition coefficient (Wildman–Crippen LogP) is 1.95. The van der Waals surface area contributed by atoms with Crippen LogP contribution in [-0.4, -0.2) is 42.6 Å².